The van der Waals surface area contributed by atoms with Crippen molar-refractivity contribution in [3.8, 4) is 0 Å². The lowest BCUT2D eigenvalue weighted by molar-refractivity contribution is -0.384. The van der Waals surface area contributed by atoms with E-state index < -0.39 is 20.6 Å². The molecule has 0 bridgehead atoms. The molecule has 0 saturated carbocycles. The van der Waals surface area contributed by atoms with E-state index in [0.717, 1.165) is 10.4 Å². The summed E-state index contributed by atoms with van der Waals surface area (Å²) in [5.41, 5.74) is 4.97. The van der Waals surface area contributed by atoms with E-state index in [9.17, 15) is 18.5 Å². The van der Waals surface area contributed by atoms with Crippen LogP contribution < -0.4 is 5.73 Å². The average Bonchev–Trinajstić information content (AvgIpc) is 2.38. The zero-order valence-electron chi connectivity index (χ0n) is 11.2. The summed E-state index contributed by atoms with van der Waals surface area (Å²) in [7, 11) is -2.32. The molecule has 0 aliphatic rings. The largest absolute Gasteiger partial charge is 0.393 e. The Morgan fingerprint density at radius 2 is 2.15 bits per heavy atom. The minimum atomic E-state index is -3.75. The van der Waals surface area contributed by atoms with E-state index in [1.165, 1.54) is 19.2 Å². The van der Waals surface area contributed by atoms with E-state index in [1.54, 1.807) is 6.08 Å². The predicted octanol–water partition coefficient (Wildman–Crippen LogP) is 1.76. The van der Waals surface area contributed by atoms with Crippen molar-refractivity contribution in [2.24, 2.45) is 0 Å². The fraction of sp³-hybridized carbons (Fsp3) is 0.333. The number of hydrogen-bond acceptors (Lipinski definition) is 5. The molecule has 0 aliphatic carbocycles. The van der Waals surface area contributed by atoms with Crippen LogP contribution in [0.5, 0.6) is 0 Å². The van der Waals surface area contributed by atoms with Gasteiger partial charge in [0.1, 0.15) is 5.69 Å². The third kappa shape index (κ3) is 3.55. The van der Waals surface area contributed by atoms with E-state index in [-0.39, 0.29) is 10.6 Å². The van der Waals surface area contributed by atoms with E-state index in [2.05, 4.69) is 6.58 Å². The summed E-state index contributed by atoms with van der Waals surface area (Å²) in [4.78, 5) is 9.95. The molecular formula is C12H17N3O4S. The van der Waals surface area contributed by atoms with Crippen LogP contribution in [0.15, 0.2) is 35.7 Å². The number of unbranched alkanes of at least 4 members (excludes halogenated alkanes) is 1. The van der Waals surface area contributed by atoms with Crippen LogP contribution >= 0.6 is 0 Å². The molecule has 20 heavy (non-hydrogen) atoms. The highest BCUT2D eigenvalue weighted by atomic mass is 32.2. The zero-order chi connectivity index (χ0) is 15.3. The Bertz CT molecular complexity index is 613. The molecule has 0 unspecified atom stereocenters. The van der Waals surface area contributed by atoms with Crippen LogP contribution in [0.1, 0.15) is 12.8 Å². The molecule has 2 N–H and O–H groups in total. The van der Waals surface area contributed by atoms with Gasteiger partial charge >= 0.3 is 0 Å². The maximum Gasteiger partial charge on any atom is 0.293 e. The van der Waals surface area contributed by atoms with E-state index in [0.29, 0.717) is 19.4 Å². The molecule has 7 nitrogen and oxygen atoms in total. The van der Waals surface area contributed by atoms with Gasteiger partial charge in [-0.1, -0.05) is 6.08 Å². The fourth-order valence-corrected chi connectivity index (χ4v) is 2.83. The van der Waals surface area contributed by atoms with Gasteiger partial charge in [0.15, 0.2) is 0 Å². The number of nitro benzene ring substituents is 1. The molecule has 0 fully saturated rings. The van der Waals surface area contributed by atoms with Crippen LogP contribution in [0.25, 0.3) is 0 Å². The molecule has 0 aromatic heterocycles. The highest BCUT2D eigenvalue weighted by Gasteiger charge is 2.23. The Kier molecular flexibility index (Phi) is 5.23. The van der Waals surface area contributed by atoms with Crippen molar-refractivity contribution in [3.63, 3.8) is 0 Å². The maximum absolute atomic E-state index is 12.2. The first-order chi connectivity index (χ1) is 9.30. The van der Waals surface area contributed by atoms with Gasteiger partial charge in [0.2, 0.25) is 10.0 Å². The van der Waals surface area contributed by atoms with Gasteiger partial charge in [-0.15, -0.1) is 6.58 Å². The standard InChI is InChI=1S/C12H17N3O4S/c1-3-4-5-8-14(2)20(18,19)10-6-7-11(13)12(9-10)15(16)17/h3,6-7,9H,1,4-5,8,13H2,2H3. The second-order valence-electron chi connectivity index (χ2n) is 4.24. The minimum Gasteiger partial charge on any atom is -0.393 e. The van der Waals surface area contributed by atoms with Gasteiger partial charge in [0.05, 0.1) is 9.82 Å². The van der Waals surface area contributed by atoms with Crippen molar-refractivity contribution in [2.75, 3.05) is 19.3 Å². The van der Waals surface area contributed by atoms with Gasteiger partial charge in [-0.05, 0) is 25.0 Å². The second kappa shape index (κ2) is 6.49. The molecule has 8 heteroatoms. The maximum atomic E-state index is 12.2. The summed E-state index contributed by atoms with van der Waals surface area (Å²) in [6.07, 6.45) is 3.03. The molecule has 0 aliphatic heterocycles. The molecular weight excluding hydrogens is 282 g/mol. The average molecular weight is 299 g/mol. The van der Waals surface area contributed by atoms with Crippen molar-refractivity contribution >= 4 is 21.4 Å². The molecule has 1 rings (SSSR count). The number of nitrogens with zero attached hydrogens (tertiary/aromatic N) is 2. The summed E-state index contributed by atoms with van der Waals surface area (Å²) >= 11 is 0. The lowest BCUT2D eigenvalue weighted by Crippen LogP contribution is -2.28. The lowest BCUT2D eigenvalue weighted by Gasteiger charge is -2.16. The Hall–Kier alpha value is -1.93. The SMILES string of the molecule is C=CCCCN(C)S(=O)(=O)c1ccc(N)c([N+](=O)[O-])c1. The first kappa shape index (κ1) is 16.1. The lowest BCUT2D eigenvalue weighted by atomic mass is 10.3. The quantitative estimate of drug-likeness (QED) is 0.271. The topological polar surface area (TPSA) is 107 Å². The third-order valence-corrected chi connectivity index (χ3v) is 4.64. The van der Waals surface area contributed by atoms with Gasteiger partial charge in [-0.3, -0.25) is 10.1 Å². The number of rotatable bonds is 7. The van der Waals surface area contributed by atoms with Crippen LogP contribution in [0.4, 0.5) is 11.4 Å². The Labute approximate surface area is 117 Å². The molecule has 1 aromatic rings. The van der Waals surface area contributed by atoms with E-state index in [4.69, 9.17) is 5.73 Å². The second-order valence-corrected chi connectivity index (χ2v) is 6.28. The number of hydrogen-bond donors (Lipinski definition) is 1. The summed E-state index contributed by atoms with van der Waals surface area (Å²) in [6, 6.07) is 3.47. The summed E-state index contributed by atoms with van der Waals surface area (Å²) in [5, 5.41) is 10.8. The van der Waals surface area contributed by atoms with Crippen molar-refractivity contribution in [1.82, 2.24) is 4.31 Å². The summed E-state index contributed by atoms with van der Waals surface area (Å²) in [5.74, 6) is 0. The fourth-order valence-electron chi connectivity index (χ4n) is 1.60. The summed E-state index contributed by atoms with van der Waals surface area (Å²) < 4.78 is 25.7. The van der Waals surface area contributed by atoms with Crippen molar-refractivity contribution in [1.29, 1.82) is 0 Å². The third-order valence-electron chi connectivity index (χ3n) is 2.79. The number of nitro groups is 1. The molecule has 110 valence electrons. The molecule has 0 radical (unpaired) electrons. The molecule has 0 heterocycles. The highest BCUT2D eigenvalue weighted by molar-refractivity contribution is 7.89. The van der Waals surface area contributed by atoms with Crippen molar-refractivity contribution < 1.29 is 13.3 Å². The number of anilines is 1. The Morgan fingerprint density at radius 3 is 2.70 bits per heavy atom. The molecule has 0 atom stereocenters. The van der Waals surface area contributed by atoms with Crippen molar-refractivity contribution in [3.05, 3.63) is 41.0 Å². The Balaban J connectivity index is 3.06. The number of nitrogens with two attached hydrogens (primary N) is 1. The van der Waals surface area contributed by atoms with Gasteiger partial charge in [0.25, 0.3) is 5.69 Å². The number of allylic oxidation sites excluding steroid dienone is 1. The smallest absolute Gasteiger partial charge is 0.293 e. The highest BCUT2D eigenvalue weighted by Crippen LogP contribution is 2.26. The van der Waals surface area contributed by atoms with Crippen LogP contribution in [-0.2, 0) is 10.0 Å². The first-order valence-corrected chi connectivity index (χ1v) is 7.36. The van der Waals surface area contributed by atoms with Gasteiger partial charge in [0, 0.05) is 19.7 Å². The Morgan fingerprint density at radius 1 is 1.50 bits per heavy atom. The van der Waals surface area contributed by atoms with Gasteiger partial charge < -0.3 is 5.73 Å². The molecule has 1 aromatic carbocycles. The van der Waals surface area contributed by atoms with Crippen LogP contribution in [0.3, 0.4) is 0 Å². The van der Waals surface area contributed by atoms with Crippen LogP contribution in [0.2, 0.25) is 0 Å². The van der Waals surface area contributed by atoms with Crippen molar-refractivity contribution in [2.45, 2.75) is 17.7 Å². The number of sulfonamides is 1. The zero-order valence-corrected chi connectivity index (χ0v) is 12.0. The predicted molar refractivity (Wildman–Crippen MR) is 76.8 cm³/mol. The van der Waals surface area contributed by atoms with Crippen LogP contribution in [0, 0.1) is 10.1 Å². The van der Waals surface area contributed by atoms with E-state index >= 15 is 0 Å². The number of nitrogen functional groups attached to an aromatic ring is 1. The normalized spacial score (nSPS) is 11.5. The monoisotopic (exact) mass is 299 g/mol. The molecule has 0 amide bonds. The van der Waals surface area contributed by atoms with Crippen LogP contribution in [-0.4, -0.2) is 31.2 Å². The summed E-state index contributed by atoms with van der Waals surface area (Å²) in [6.45, 7) is 3.87. The minimum absolute atomic E-state index is 0.0664. The first-order valence-electron chi connectivity index (χ1n) is 5.92. The molecule has 0 saturated heterocycles. The van der Waals surface area contributed by atoms with Gasteiger partial charge in [-0.2, -0.15) is 0 Å². The number of benzene rings is 1. The molecule has 0 spiro atoms. The van der Waals surface area contributed by atoms with E-state index in [1.807, 2.05) is 0 Å². The van der Waals surface area contributed by atoms with Gasteiger partial charge in [-0.25, -0.2) is 12.7 Å².